The molecule has 96 valence electrons. The van der Waals surface area contributed by atoms with Gasteiger partial charge in [-0.3, -0.25) is 9.36 Å². The summed E-state index contributed by atoms with van der Waals surface area (Å²) in [6.45, 7) is 6.44. The quantitative estimate of drug-likeness (QED) is 0.872. The highest BCUT2D eigenvalue weighted by atomic mass is 79.9. The first kappa shape index (κ1) is 13.0. The van der Waals surface area contributed by atoms with Crippen LogP contribution in [0.5, 0.6) is 0 Å². The number of aromatic nitrogens is 4. The average Bonchev–Trinajstić information content (AvgIpc) is 2.78. The van der Waals surface area contributed by atoms with Crippen molar-refractivity contribution in [1.82, 2.24) is 19.1 Å². The highest BCUT2D eigenvalue weighted by molar-refractivity contribution is 9.10. The average molecular weight is 311 g/mol. The molecule has 0 unspecified atom stereocenters. The Hall–Kier alpha value is -1.43. The van der Waals surface area contributed by atoms with Gasteiger partial charge in [0.15, 0.2) is 0 Å². The molecule has 18 heavy (non-hydrogen) atoms. The Labute approximate surface area is 114 Å². The van der Waals surface area contributed by atoms with E-state index in [2.05, 4.69) is 39.7 Å². The molecule has 0 saturated heterocycles. The molecule has 0 aliphatic rings. The molecular weight excluding hydrogens is 296 g/mol. The number of halogens is 1. The van der Waals surface area contributed by atoms with E-state index in [0.29, 0.717) is 22.8 Å². The lowest BCUT2D eigenvalue weighted by Gasteiger charge is -2.13. The molecule has 2 aromatic heterocycles. The first-order valence-electron chi connectivity index (χ1n) is 5.73. The van der Waals surface area contributed by atoms with Gasteiger partial charge in [0, 0.05) is 12.2 Å². The fourth-order valence-electron chi connectivity index (χ4n) is 1.75. The largest absolute Gasteiger partial charge is 0.330 e. The minimum atomic E-state index is -0.0704. The molecule has 2 aromatic rings. The molecule has 0 atom stereocenters. The standard InChI is InChI=1S/C12H15BrN4O/c1-8(2)17-6-14-4-10(17)5-16-7-15-9(3)11(13)12(16)18/h4,6-8H,5H2,1-3H3. The smallest absolute Gasteiger partial charge is 0.268 e. The highest BCUT2D eigenvalue weighted by Crippen LogP contribution is 2.11. The maximum atomic E-state index is 12.0. The molecule has 0 aliphatic heterocycles. The number of aryl methyl sites for hydroxylation is 1. The van der Waals surface area contributed by atoms with E-state index in [9.17, 15) is 4.79 Å². The number of nitrogens with zero attached hydrogens (tertiary/aromatic N) is 4. The van der Waals surface area contributed by atoms with E-state index in [0.717, 1.165) is 5.69 Å². The normalized spacial score (nSPS) is 11.2. The van der Waals surface area contributed by atoms with E-state index in [1.807, 2.05) is 4.57 Å². The SMILES string of the molecule is Cc1ncn(Cc2cncn2C(C)C)c(=O)c1Br. The molecule has 0 saturated carbocycles. The molecule has 6 heteroatoms. The van der Waals surface area contributed by atoms with Crippen LogP contribution in [0.2, 0.25) is 0 Å². The van der Waals surface area contributed by atoms with Crippen molar-refractivity contribution in [2.45, 2.75) is 33.4 Å². The summed E-state index contributed by atoms with van der Waals surface area (Å²) in [5.41, 5.74) is 1.62. The van der Waals surface area contributed by atoms with E-state index in [1.165, 1.54) is 0 Å². The van der Waals surface area contributed by atoms with Gasteiger partial charge in [-0.05, 0) is 36.7 Å². The summed E-state index contributed by atoms with van der Waals surface area (Å²) < 4.78 is 4.13. The van der Waals surface area contributed by atoms with Crippen LogP contribution in [0.4, 0.5) is 0 Å². The van der Waals surface area contributed by atoms with Crippen molar-refractivity contribution in [3.63, 3.8) is 0 Å². The van der Waals surface area contributed by atoms with Crippen molar-refractivity contribution in [2.24, 2.45) is 0 Å². The second-order valence-corrected chi connectivity index (χ2v) is 5.26. The molecule has 0 aliphatic carbocycles. The van der Waals surface area contributed by atoms with Crippen LogP contribution in [0.1, 0.15) is 31.3 Å². The van der Waals surface area contributed by atoms with E-state index in [-0.39, 0.29) is 5.56 Å². The third kappa shape index (κ3) is 2.38. The molecule has 5 nitrogen and oxygen atoms in total. The number of hydrogen-bond acceptors (Lipinski definition) is 3. The first-order chi connectivity index (χ1) is 8.50. The summed E-state index contributed by atoms with van der Waals surface area (Å²) in [7, 11) is 0. The molecule has 0 aromatic carbocycles. The van der Waals surface area contributed by atoms with Gasteiger partial charge in [-0.2, -0.15) is 0 Å². The number of rotatable bonds is 3. The molecule has 0 amide bonds. The van der Waals surface area contributed by atoms with Gasteiger partial charge in [0.25, 0.3) is 5.56 Å². The van der Waals surface area contributed by atoms with E-state index >= 15 is 0 Å². The predicted molar refractivity (Wildman–Crippen MR) is 72.6 cm³/mol. The van der Waals surface area contributed by atoms with E-state index < -0.39 is 0 Å². The molecule has 2 rings (SSSR count). The zero-order valence-corrected chi connectivity index (χ0v) is 12.2. The van der Waals surface area contributed by atoms with Crippen LogP contribution in [0, 0.1) is 6.92 Å². The lowest BCUT2D eigenvalue weighted by atomic mass is 10.3. The van der Waals surface area contributed by atoms with Crippen molar-refractivity contribution in [3.05, 3.63) is 45.1 Å². The van der Waals surface area contributed by atoms with E-state index in [4.69, 9.17) is 0 Å². The third-order valence-electron chi connectivity index (χ3n) is 2.79. The van der Waals surface area contributed by atoms with Crippen LogP contribution < -0.4 is 5.56 Å². The second-order valence-electron chi connectivity index (χ2n) is 4.46. The molecule has 0 spiro atoms. The van der Waals surface area contributed by atoms with E-state index in [1.54, 1.807) is 30.3 Å². The molecule has 0 radical (unpaired) electrons. The fraction of sp³-hybridized carbons (Fsp3) is 0.417. The predicted octanol–water partition coefficient (Wildman–Crippen LogP) is 2.14. The van der Waals surface area contributed by atoms with Crippen molar-refractivity contribution in [2.75, 3.05) is 0 Å². The van der Waals surface area contributed by atoms with Gasteiger partial charge in [0.1, 0.15) is 4.47 Å². The second kappa shape index (κ2) is 5.06. The minimum absolute atomic E-state index is 0.0704. The summed E-state index contributed by atoms with van der Waals surface area (Å²) in [5, 5.41) is 0. The van der Waals surface area contributed by atoms with Gasteiger partial charge in [-0.15, -0.1) is 0 Å². The summed E-state index contributed by atoms with van der Waals surface area (Å²) in [6.07, 6.45) is 5.13. The molecule has 0 N–H and O–H groups in total. The topological polar surface area (TPSA) is 52.7 Å². The Balaban J connectivity index is 2.38. The summed E-state index contributed by atoms with van der Waals surface area (Å²) >= 11 is 3.26. The van der Waals surface area contributed by atoms with Gasteiger partial charge < -0.3 is 4.57 Å². The first-order valence-corrected chi connectivity index (χ1v) is 6.52. The Kier molecular flexibility index (Phi) is 3.65. The number of imidazole rings is 1. The van der Waals surface area contributed by atoms with Gasteiger partial charge in [-0.25, -0.2) is 9.97 Å². The van der Waals surface area contributed by atoms with Crippen LogP contribution >= 0.6 is 15.9 Å². The zero-order chi connectivity index (χ0) is 13.3. The summed E-state index contributed by atoms with van der Waals surface area (Å²) in [4.78, 5) is 20.3. The third-order valence-corrected chi connectivity index (χ3v) is 3.71. The number of hydrogen-bond donors (Lipinski definition) is 0. The van der Waals surface area contributed by atoms with Gasteiger partial charge >= 0.3 is 0 Å². The van der Waals surface area contributed by atoms with Gasteiger partial charge in [0.2, 0.25) is 0 Å². The summed E-state index contributed by atoms with van der Waals surface area (Å²) in [5.74, 6) is 0. The van der Waals surface area contributed by atoms with Crippen molar-refractivity contribution in [1.29, 1.82) is 0 Å². The fourth-order valence-corrected chi connectivity index (χ4v) is 2.08. The highest BCUT2D eigenvalue weighted by Gasteiger charge is 2.09. The maximum Gasteiger partial charge on any atom is 0.268 e. The van der Waals surface area contributed by atoms with Crippen LogP contribution in [0.3, 0.4) is 0 Å². The zero-order valence-electron chi connectivity index (χ0n) is 10.6. The maximum absolute atomic E-state index is 12.0. The lowest BCUT2D eigenvalue weighted by Crippen LogP contribution is -2.24. The monoisotopic (exact) mass is 310 g/mol. The molecule has 0 bridgehead atoms. The van der Waals surface area contributed by atoms with Crippen LogP contribution in [0.25, 0.3) is 0 Å². The molecule has 0 fully saturated rings. The Bertz CT molecular complexity index is 615. The lowest BCUT2D eigenvalue weighted by molar-refractivity contribution is 0.555. The molecular formula is C12H15BrN4O. The van der Waals surface area contributed by atoms with Crippen molar-refractivity contribution in [3.8, 4) is 0 Å². The van der Waals surface area contributed by atoms with Crippen molar-refractivity contribution >= 4 is 15.9 Å². The molecule has 2 heterocycles. The van der Waals surface area contributed by atoms with Gasteiger partial charge in [-0.1, -0.05) is 0 Å². The Morgan fingerprint density at radius 1 is 1.39 bits per heavy atom. The van der Waals surface area contributed by atoms with Crippen LogP contribution in [-0.4, -0.2) is 19.1 Å². The Morgan fingerprint density at radius 2 is 2.11 bits per heavy atom. The minimum Gasteiger partial charge on any atom is -0.330 e. The van der Waals surface area contributed by atoms with Crippen molar-refractivity contribution < 1.29 is 0 Å². The Morgan fingerprint density at radius 3 is 2.78 bits per heavy atom. The van der Waals surface area contributed by atoms with Crippen LogP contribution in [-0.2, 0) is 6.54 Å². The van der Waals surface area contributed by atoms with Crippen LogP contribution in [0.15, 0.2) is 28.1 Å². The van der Waals surface area contributed by atoms with Gasteiger partial charge in [0.05, 0.1) is 30.6 Å². The summed E-state index contributed by atoms with van der Waals surface area (Å²) in [6, 6.07) is 0.319.